The maximum absolute atomic E-state index is 3.22. The monoisotopic (exact) mass is 181 g/mol. The van der Waals surface area contributed by atoms with Crippen LogP contribution in [0.2, 0.25) is 0 Å². The van der Waals surface area contributed by atoms with E-state index in [1.807, 2.05) is 6.26 Å². The van der Waals surface area contributed by atoms with Crippen LogP contribution >= 0.6 is 11.9 Å². The van der Waals surface area contributed by atoms with Crippen LogP contribution in [0.3, 0.4) is 0 Å². The molecule has 2 heteroatoms. The van der Waals surface area contributed by atoms with E-state index in [1.54, 1.807) is 11.9 Å². The van der Waals surface area contributed by atoms with E-state index in [0.717, 1.165) is 13.0 Å². The molecule has 0 atom stereocenters. The average molecular weight is 181 g/mol. The molecule has 0 aromatic heterocycles. The molecule has 0 aliphatic carbocycles. The number of hydrogen-bond donors (Lipinski definition) is 1. The first kappa shape index (κ1) is 9.62. The number of benzene rings is 1. The summed E-state index contributed by atoms with van der Waals surface area (Å²) in [6, 6.07) is 8.75. The molecule has 1 aromatic rings. The quantitative estimate of drug-likeness (QED) is 0.717. The van der Waals surface area contributed by atoms with Crippen LogP contribution in [0.15, 0.2) is 24.3 Å². The van der Waals surface area contributed by atoms with Crippen molar-refractivity contribution in [3.05, 3.63) is 35.4 Å². The van der Waals surface area contributed by atoms with E-state index < -0.39 is 0 Å². The molecular weight excluding hydrogens is 166 g/mol. The standard InChI is InChI=1S/C10H15NS/c1-3-9-4-6-10(7-5-9)8-11-12-2/h4-7,11H,3,8H2,1-2H3. The molecule has 0 unspecified atom stereocenters. The van der Waals surface area contributed by atoms with Crippen molar-refractivity contribution >= 4 is 11.9 Å². The van der Waals surface area contributed by atoms with E-state index in [-0.39, 0.29) is 0 Å². The lowest BCUT2D eigenvalue weighted by Gasteiger charge is -2.02. The number of hydrogen-bond acceptors (Lipinski definition) is 2. The fourth-order valence-corrected chi connectivity index (χ4v) is 1.36. The summed E-state index contributed by atoms with van der Waals surface area (Å²) in [7, 11) is 0. The van der Waals surface area contributed by atoms with E-state index in [1.165, 1.54) is 11.1 Å². The first-order chi connectivity index (χ1) is 5.86. The molecule has 0 aliphatic heterocycles. The van der Waals surface area contributed by atoms with E-state index >= 15 is 0 Å². The predicted molar refractivity (Wildman–Crippen MR) is 56.2 cm³/mol. The zero-order chi connectivity index (χ0) is 8.81. The Morgan fingerprint density at radius 3 is 2.25 bits per heavy atom. The first-order valence-electron chi connectivity index (χ1n) is 4.20. The Bertz CT molecular complexity index is 218. The lowest BCUT2D eigenvalue weighted by molar-refractivity contribution is 0.975. The Kier molecular flexibility index (Phi) is 4.19. The van der Waals surface area contributed by atoms with Crippen molar-refractivity contribution in [2.75, 3.05) is 6.26 Å². The van der Waals surface area contributed by atoms with Crippen LogP contribution in [0.25, 0.3) is 0 Å². The fraction of sp³-hybridized carbons (Fsp3) is 0.400. The summed E-state index contributed by atoms with van der Waals surface area (Å²) < 4.78 is 3.22. The Balaban J connectivity index is 2.53. The van der Waals surface area contributed by atoms with Gasteiger partial charge in [0, 0.05) is 6.54 Å². The average Bonchev–Trinajstić information content (AvgIpc) is 2.15. The predicted octanol–water partition coefficient (Wildman–Crippen LogP) is 2.62. The molecule has 0 amide bonds. The van der Waals surface area contributed by atoms with E-state index in [4.69, 9.17) is 0 Å². The van der Waals surface area contributed by atoms with Crippen LogP contribution in [0.5, 0.6) is 0 Å². The van der Waals surface area contributed by atoms with Gasteiger partial charge in [-0.15, -0.1) is 0 Å². The first-order valence-corrected chi connectivity index (χ1v) is 5.43. The van der Waals surface area contributed by atoms with Gasteiger partial charge in [-0.1, -0.05) is 43.1 Å². The highest BCUT2D eigenvalue weighted by Gasteiger charge is 1.91. The summed E-state index contributed by atoms with van der Waals surface area (Å²) >= 11 is 1.66. The minimum Gasteiger partial charge on any atom is -0.260 e. The van der Waals surface area contributed by atoms with Gasteiger partial charge in [0.15, 0.2) is 0 Å². The van der Waals surface area contributed by atoms with Gasteiger partial charge in [-0.3, -0.25) is 4.72 Å². The molecule has 0 saturated heterocycles. The third-order valence-corrected chi connectivity index (χ3v) is 2.28. The second-order valence-corrected chi connectivity index (χ2v) is 3.39. The Morgan fingerprint density at radius 2 is 1.75 bits per heavy atom. The van der Waals surface area contributed by atoms with Gasteiger partial charge in [-0.2, -0.15) is 0 Å². The summed E-state index contributed by atoms with van der Waals surface area (Å²) in [6.07, 6.45) is 3.16. The van der Waals surface area contributed by atoms with Gasteiger partial charge in [0.1, 0.15) is 0 Å². The minimum atomic E-state index is 0.950. The number of nitrogens with one attached hydrogen (secondary N) is 1. The molecule has 0 spiro atoms. The molecule has 1 rings (SSSR count). The molecule has 0 fully saturated rings. The van der Waals surface area contributed by atoms with Crippen molar-refractivity contribution in [3.8, 4) is 0 Å². The van der Waals surface area contributed by atoms with Crippen LogP contribution in [0.4, 0.5) is 0 Å². The summed E-state index contributed by atoms with van der Waals surface area (Å²) in [6.45, 7) is 3.13. The van der Waals surface area contributed by atoms with Crippen LogP contribution in [-0.4, -0.2) is 6.26 Å². The van der Waals surface area contributed by atoms with Crippen molar-refractivity contribution in [1.82, 2.24) is 4.72 Å². The summed E-state index contributed by atoms with van der Waals surface area (Å²) in [4.78, 5) is 0. The highest BCUT2D eigenvalue weighted by molar-refractivity contribution is 7.96. The van der Waals surface area contributed by atoms with Gasteiger partial charge in [-0.25, -0.2) is 0 Å². The van der Waals surface area contributed by atoms with Crippen molar-refractivity contribution in [1.29, 1.82) is 0 Å². The Morgan fingerprint density at radius 1 is 1.17 bits per heavy atom. The molecule has 0 aliphatic rings. The third-order valence-electron chi connectivity index (χ3n) is 1.85. The topological polar surface area (TPSA) is 12.0 Å². The summed E-state index contributed by atoms with van der Waals surface area (Å²) in [5.74, 6) is 0. The maximum atomic E-state index is 3.22. The summed E-state index contributed by atoms with van der Waals surface area (Å²) in [5, 5.41) is 0. The van der Waals surface area contributed by atoms with Gasteiger partial charge in [0.2, 0.25) is 0 Å². The number of aryl methyl sites for hydroxylation is 1. The van der Waals surface area contributed by atoms with Crippen molar-refractivity contribution in [3.63, 3.8) is 0 Å². The van der Waals surface area contributed by atoms with E-state index in [9.17, 15) is 0 Å². The van der Waals surface area contributed by atoms with Crippen molar-refractivity contribution in [2.45, 2.75) is 19.9 Å². The molecule has 12 heavy (non-hydrogen) atoms. The molecule has 0 bridgehead atoms. The number of rotatable bonds is 4. The van der Waals surface area contributed by atoms with Gasteiger partial charge >= 0.3 is 0 Å². The molecule has 0 saturated carbocycles. The second kappa shape index (κ2) is 5.22. The van der Waals surface area contributed by atoms with Gasteiger partial charge in [0.25, 0.3) is 0 Å². The van der Waals surface area contributed by atoms with Gasteiger partial charge in [0.05, 0.1) is 0 Å². The smallest absolute Gasteiger partial charge is 0.0309 e. The highest BCUT2D eigenvalue weighted by atomic mass is 32.2. The van der Waals surface area contributed by atoms with Gasteiger partial charge in [-0.05, 0) is 23.8 Å². The van der Waals surface area contributed by atoms with Crippen LogP contribution in [0, 0.1) is 0 Å². The van der Waals surface area contributed by atoms with E-state index in [0.29, 0.717) is 0 Å². The molecule has 0 radical (unpaired) electrons. The third kappa shape index (κ3) is 2.88. The second-order valence-electron chi connectivity index (χ2n) is 2.70. The lowest BCUT2D eigenvalue weighted by Crippen LogP contribution is -2.01. The molecule has 0 heterocycles. The zero-order valence-corrected chi connectivity index (χ0v) is 8.45. The molecular formula is C10H15NS. The van der Waals surface area contributed by atoms with Crippen LogP contribution in [-0.2, 0) is 13.0 Å². The van der Waals surface area contributed by atoms with Crippen molar-refractivity contribution in [2.24, 2.45) is 0 Å². The highest BCUT2D eigenvalue weighted by Crippen LogP contribution is 2.05. The largest absolute Gasteiger partial charge is 0.260 e. The van der Waals surface area contributed by atoms with E-state index in [2.05, 4.69) is 35.9 Å². The van der Waals surface area contributed by atoms with Crippen molar-refractivity contribution < 1.29 is 0 Å². The Hall–Kier alpha value is -0.470. The molecule has 1 nitrogen and oxygen atoms in total. The molecule has 1 N–H and O–H groups in total. The van der Waals surface area contributed by atoms with Crippen LogP contribution < -0.4 is 4.72 Å². The zero-order valence-electron chi connectivity index (χ0n) is 7.63. The van der Waals surface area contributed by atoms with Crippen LogP contribution in [0.1, 0.15) is 18.1 Å². The normalized spacial score (nSPS) is 10.2. The Labute approximate surface area is 78.7 Å². The maximum Gasteiger partial charge on any atom is 0.0309 e. The molecule has 1 aromatic carbocycles. The van der Waals surface area contributed by atoms with Gasteiger partial charge < -0.3 is 0 Å². The SMILES string of the molecule is CCc1ccc(CNSC)cc1. The molecule has 66 valence electrons. The lowest BCUT2D eigenvalue weighted by atomic mass is 10.1. The summed E-state index contributed by atoms with van der Waals surface area (Å²) in [5.41, 5.74) is 2.75. The minimum absolute atomic E-state index is 0.950. The fourth-order valence-electron chi connectivity index (χ4n) is 1.05.